The number of halogens is 6. The van der Waals surface area contributed by atoms with Crippen LogP contribution in [0.2, 0.25) is 0 Å². The van der Waals surface area contributed by atoms with E-state index in [2.05, 4.69) is 4.74 Å². The van der Waals surface area contributed by atoms with E-state index in [4.69, 9.17) is 79.8 Å². The number of rotatable bonds is 4. The first-order chi connectivity index (χ1) is 5.59. The Morgan fingerprint density at radius 1 is 0.846 bits per heavy atom. The smallest absolute Gasteiger partial charge is 0.260 e. The van der Waals surface area contributed by atoms with Crippen molar-refractivity contribution in [2.75, 3.05) is 0 Å². The van der Waals surface area contributed by atoms with Crippen molar-refractivity contribution in [3.8, 4) is 0 Å². The minimum absolute atomic E-state index is 1.79. The average molecular weight is 313 g/mol. The standard InChI is InChI=1S/C4H4Cl6O3/c5-1(11)3(7,8)13-4(9,10)2(6)12/h1-2,11-12H. The molecule has 0 aromatic rings. The van der Waals surface area contributed by atoms with Gasteiger partial charge in [0.2, 0.25) is 0 Å². The van der Waals surface area contributed by atoms with E-state index in [1.54, 1.807) is 0 Å². The predicted octanol–water partition coefficient (Wildman–Crippen LogP) is 2.38. The molecule has 0 aliphatic heterocycles. The molecule has 2 unspecified atom stereocenters. The Kier molecular flexibility index (Phi) is 5.74. The molecule has 0 bridgehead atoms. The molecular formula is C4H4Cl6O3. The van der Waals surface area contributed by atoms with E-state index >= 15 is 0 Å². The fourth-order valence-corrected chi connectivity index (χ4v) is 1.01. The second-order valence-electron chi connectivity index (χ2n) is 1.90. The fourth-order valence-electron chi connectivity index (χ4n) is 0.279. The molecule has 3 nitrogen and oxygen atoms in total. The maximum atomic E-state index is 8.76. The van der Waals surface area contributed by atoms with Crippen molar-refractivity contribution >= 4 is 69.6 Å². The van der Waals surface area contributed by atoms with Crippen LogP contribution in [0.25, 0.3) is 0 Å². The average Bonchev–Trinajstić information content (AvgIpc) is 1.83. The molecule has 0 rings (SSSR count). The van der Waals surface area contributed by atoms with Crippen molar-refractivity contribution in [2.45, 2.75) is 20.2 Å². The quantitative estimate of drug-likeness (QED) is 0.784. The third-order valence-electron chi connectivity index (χ3n) is 0.827. The van der Waals surface area contributed by atoms with Crippen molar-refractivity contribution < 1.29 is 14.9 Å². The topological polar surface area (TPSA) is 49.7 Å². The third kappa shape index (κ3) is 4.78. The molecule has 0 saturated heterocycles. The summed E-state index contributed by atoms with van der Waals surface area (Å²) in [5.41, 5.74) is -3.58. The molecule has 2 N–H and O–H groups in total. The van der Waals surface area contributed by atoms with Gasteiger partial charge in [0.1, 0.15) is 0 Å². The fraction of sp³-hybridized carbons (Fsp3) is 1.00. The van der Waals surface area contributed by atoms with Crippen molar-refractivity contribution in [1.82, 2.24) is 0 Å². The number of ether oxygens (including phenoxy) is 1. The summed E-state index contributed by atoms with van der Waals surface area (Å²) in [5, 5.41) is 17.5. The van der Waals surface area contributed by atoms with Gasteiger partial charge in [0.25, 0.3) is 9.04 Å². The monoisotopic (exact) mass is 310 g/mol. The second kappa shape index (κ2) is 5.10. The van der Waals surface area contributed by atoms with E-state index in [0.717, 1.165) is 0 Å². The lowest BCUT2D eigenvalue weighted by atomic mass is 10.7. The summed E-state index contributed by atoms with van der Waals surface area (Å²) in [7, 11) is 0. The van der Waals surface area contributed by atoms with E-state index in [0.29, 0.717) is 0 Å². The normalized spacial score (nSPS) is 18.5. The highest BCUT2D eigenvalue weighted by atomic mass is 35.5. The number of alkyl halides is 6. The Labute approximate surface area is 104 Å². The van der Waals surface area contributed by atoms with Crippen LogP contribution in [0, 0.1) is 0 Å². The van der Waals surface area contributed by atoms with Crippen LogP contribution in [0.15, 0.2) is 0 Å². The molecular weight excluding hydrogens is 309 g/mol. The van der Waals surface area contributed by atoms with Crippen molar-refractivity contribution in [3.05, 3.63) is 0 Å². The van der Waals surface area contributed by atoms with Gasteiger partial charge in [-0.2, -0.15) is 0 Å². The van der Waals surface area contributed by atoms with Crippen LogP contribution in [0.3, 0.4) is 0 Å². The van der Waals surface area contributed by atoms with Crippen LogP contribution in [0.1, 0.15) is 0 Å². The zero-order valence-electron chi connectivity index (χ0n) is 5.73. The zero-order valence-corrected chi connectivity index (χ0v) is 10.3. The second-order valence-corrected chi connectivity index (χ2v) is 5.36. The Hall–Kier alpha value is 1.62. The first-order valence-corrected chi connectivity index (χ1v) is 5.08. The summed E-state index contributed by atoms with van der Waals surface area (Å²) in [4.78, 5) is 0. The molecule has 0 heterocycles. The molecule has 0 aromatic heterocycles. The molecule has 13 heavy (non-hydrogen) atoms. The molecule has 0 aliphatic carbocycles. The summed E-state index contributed by atoms with van der Waals surface area (Å²) in [6.07, 6.45) is 0. The Bertz CT molecular complexity index is 151. The molecule has 0 aromatic carbocycles. The van der Waals surface area contributed by atoms with Crippen LogP contribution < -0.4 is 0 Å². The zero-order chi connectivity index (χ0) is 10.9. The summed E-state index contributed by atoms with van der Waals surface area (Å²) >= 11 is 31.5. The summed E-state index contributed by atoms with van der Waals surface area (Å²) in [6, 6.07) is 0. The first kappa shape index (κ1) is 14.6. The van der Waals surface area contributed by atoms with Gasteiger partial charge >= 0.3 is 0 Å². The van der Waals surface area contributed by atoms with Gasteiger partial charge < -0.3 is 14.9 Å². The maximum absolute atomic E-state index is 8.76. The maximum Gasteiger partial charge on any atom is 0.260 e. The van der Waals surface area contributed by atoms with Gasteiger partial charge in [-0.05, 0) is 0 Å². The lowest BCUT2D eigenvalue weighted by molar-refractivity contribution is -0.0496. The molecule has 2 atom stereocenters. The van der Waals surface area contributed by atoms with E-state index in [-0.39, 0.29) is 0 Å². The van der Waals surface area contributed by atoms with E-state index in [1.807, 2.05) is 0 Å². The van der Waals surface area contributed by atoms with E-state index in [9.17, 15) is 0 Å². The minimum atomic E-state index is -2.28. The highest BCUT2D eigenvalue weighted by Crippen LogP contribution is 2.40. The number of aliphatic hydroxyl groups is 2. The van der Waals surface area contributed by atoms with E-state index < -0.39 is 20.2 Å². The number of hydrogen-bond acceptors (Lipinski definition) is 3. The molecule has 9 heteroatoms. The summed E-state index contributed by atoms with van der Waals surface area (Å²) in [6.45, 7) is 0. The lowest BCUT2D eigenvalue weighted by Crippen LogP contribution is -2.41. The molecule has 0 aliphatic rings. The van der Waals surface area contributed by atoms with Gasteiger partial charge in [-0.25, -0.2) is 0 Å². The van der Waals surface area contributed by atoms with Gasteiger partial charge in [-0.15, -0.1) is 0 Å². The summed E-state index contributed by atoms with van der Waals surface area (Å²) < 4.78 is -0.108. The first-order valence-electron chi connectivity index (χ1n) is 2.69. The van der Waals surface area contributed by atoms with Crippen LogP contribution in [0.4, 0.5) is 0 Å². The number of aliphatic hydroxyl groups excluding tert-OH is 2. The highest BCUT2D eigenvalue weighted by molar-refractivity contribution is 6.54. The highest BCUT2D eigenvalue weighted by Gasteiger charge is 2.45. The van der Waals surface area contributed by atoms with Gasteiger partial charge in [0, 0.05) is 0 Å². The van der Waals surface area contributed by atoms with Gasteiger partial charge in [0.05, 0.1) is 0 Å². The SMILES string of the molecule is OC(Cl)C(Cl)(Cl)OC(Cl)(Cl)C(O)Cl. The summed E-state index contributed by atoms with van der Waals surface area (Å²) in [5.74, 6) is 0. The van der Waals surface area contributed by atoms with Crippen molar-refractivity contribution in [2.24, 2.45) is 0 Å². The largest absolute Gasteiger partial charge is 0.372 e. The molecule has 0 spiro atoms. The minimum Gasteiger partial charge on any atom is -0.372 e. The van der Waals surface area contributed by atoms with Crippen LogP contribution in [-0.2, 0) is 4.74 Å². The van der Waals surface area contributed by atoms with Crippen LogP contribution in [-0.4, -0.2) is 30.4 Å². The lowest BCUT2D eigenvalue weighted by Gasteiger charge is -2.30. The Balaban J connectivity index is 4.42. The van der Waals surface area contributed by atoms with Crippen molar-refractivity contribution in [3.63, 3.8) is 0 Å². The number of hydrogen-bond donors (Lipinski definition) is 2. The van der Waals surface area contributed by atoms with Crippen LogP contribution in [0.5, 0.6) is 0 Å². The van der Waals surface area contributed by atoms with E-state index in [1.165, 1.54) is 0 Å². The predicted molar refractivity (Wildman–Crippen MR) is 53.7 cm³/mol. The van der Waals surface area contributed by atoms with Crippen LogP contribution >= 0.6 is 69.6 Å². The molecule has 0 radical (unpaired) electrons. The molecule has 0 amide bonds. The van der Waals surface area contributed by atoms with Crippen molar-refractivity contribution in [1.29, 1.82) is 0 Å². The Morgan fingerprint density at radius 3 is 1.23 bits per heavy atom. The van der Waals surface area contributed by atoms with Gasteiger partial charge in [0.15, 0.2) is 11.1 Å². The van der Waals surface area contributed by atoms with Gasteiger partial charge in [-0.1, -0.05) is 69.6 Å². The molecule has 0 fully saturated rings. The van der Waals surface area contributed by atoms with Gasteiger partial charge in [-0.3, -0.25) is 0 Å². The Morgan fingerprint density at radius 2 is 1.08 bits per heavy atom. The molecule has 80 valence electrons. The third-order valence-corrected chi connectivity index (χ3v) is 3.02. The molecule has 0 saturated carbocycles.